The van der Waals surface area contributed by atoms with Gasteiger partial charge in [0.05, 0.1) is 0 Å². The number of hydrogen-bond acceptors (Lipinski definition) is 0. The van der Waals surface area contributed by atoms with E-state index in [2.05, 4.69) is 198 Å². The van der Waals surface area contributed by atoms with Crippen molar-refractivity contribution >= 4 is 37.4 Å². The Balaban J connectivity index is 0.000000125. The number of rotatable bonds is 4. The van der Waals surface area contributed by atoms with Gasteiger partial charge in [-0.15, -0.1) is 69.1 Å². The van der Waals surface area contributed by atoms with Gasteiger partial charge in [-0.2, -0.15) is 12.1 Å². The first-order valence-corrected chi connectivity index (χ1v) is 21.7. The molecule has 0 heterocycles. The van der Waals surface area contributed by atoms with Crippen LogP contribution in [-0.4, -0.2) is 5.43 Å². The van der Waals surface area contributed by atoms with Gasteiger partial charge in [0.2, 0.25) is 0 Å². The summed E-state index contributed by atoms with van der Waals surface area (Å²) >= 11 is 1.65. The zero-order valence-electron chi connectivity index (χ0n) is 28.2. The molecular weight excluding hydrogens is 672 g/mol. The summed E-state index contributed by atoms with van der Waals surface area (Å²) in [5.41, 5.74) is 10.1. The van der Waals surface area contributed by atoms with E-state index in [-0.39, 0.29) is 0 Å². The van der Waals surface area contributed by atoms with Gasteiger partial charge in [-0.1, -0.05) is 97.8 Å². The summed E-state index contributed by atoms with van der Waals surface area (Å²) in [5, 5.41) is 8.42. The normalized spacial score (nSPS) is 10.6. The molecule has 0 aliphatic heterocycles. The summed E-state index contributed by atoms with van der Waals surface area (Å²) in [6.07, 6.45) is 0. The van der Waals surface area contributed by atoms with Gasteiger partial charge in [0.1, 0.15) is 0 Å². The fraction of sp³-hybridized carbons (Fsp3) is 0.0870. The van der Waals surface area contributed by atoms with Crippen molar-refractivity contribution in [3.63, 3.8) is 0 Å². The van der Waals surface area contributed by atoms with Gasteiger partial charge in [0.15, 0.2) is 0 Å². The first-order valence-electron chi connectivity index (χ1n) is 16.5. The van der Waals surface area contributed by atoms with Crippen LogP contribution in [0, 0.1) is 27.7 Å². The molecule has 0 aliphatic carbocycles. The first-order chi connectivity index (χ1) is 23.4. The maximum absolute atomic E-state index is 2.29. The van der Waals surface area contributed by atoms with Gasteiger partial charge in [0, 0.05) is 0 Å². The zero-order valence-corrected chi connectivity index (χ0v) is 31.6. The van der Waals surface area contributed by atoms with Gasteiger partial charge in [0.25, 0.3) is 0 Å². The molecular formula is C46H40SiZr. The Kier molecular flexibility index (Phi) is 11.0. The Bertz CT molecular complexity index is 2090. The molecule has 232 valence electrons. The van der Waals surface area contributed by atoms with E-state index in [1.807, 2.05) is 0 Å². The molecule has 48 heavy (non-hydrogen) atoms. The van der Waals surface area contributed by atoms with Crippen LogP contribution >= 0.6 is 0 Å². The molecule has 2 heteroatoms. The summed E-state index contributed by atoms with van der Waals surface area (Å²) in [7, 11) is 0. The standard InChI is InChI=1S/2C16H13.C14H14Si.Zr/c2*1-12-10-14-8-5-9-15(16(14)11-12)13-6-3-2-4-7-13;1-11-3-7-13(8-4-11)15-14-9-5-12(2)6-10-14;/h2*2-11H,1H3;3-10H,1-2H3;/q2*-1;;+2. The van der Waals surface area contributed by atoms with Gasteiger partial charge in [-0.3, -0.25) is 0 Å². The third kappa shape index (κ3) is 8.19. The molecule has 0 nitrogen and oxygen atoms in total. The fourth-order valence-corrected chi connectivity index (χ4v) is 9.91. The van der Waals surface area contributed by atoms with Crippen molar-refractivity contribution < 1.29 is 23.3 Å². The first kappa shape index (κ1) is 33.5. The quantitative estimate of drug-likeness (QED) is 0.126. The molecule has 0 saturated heterocycles. The van der Waals surface area contributed by atoms with Crippen molar-refractivity contribution in [1.29, 1.82) is 0 Å². The van der Waals surface area contributed by atoms with Crippen LogP contribution in [0.25, 0.3) is 43.8 Å². The third-order valence-corrected chi connectivity index (χ3v) is 14.7. The van der Waals surface area contributed by atoms with Crippen molar-refractivity contribution in [3.05, 3.63) is 192 Å². The summed E-state index contributed by atoms with van der Waals surface area (Å²) in [6.45, 7) is 8.58. The predicted octanol–water partition coefficient (Wildman–Crippen LogP) is 11.0. The molecule has 0 fully saturated rings. The zero-order chi connectivity index (χ0) is 33.5. The van der Waals surface area contributed by atoms with E-state index in [1.165, 1.54) is 76.4 Å². The molecule has 8 aromatic rings. The van der Waals surface area contributed by atoms with E-state index in [0.717, 1.165) is 0 Å². The second-order valence-corrected chi connectivity index (χ2v) is 18.1. The second kappa shape index (κ2) is 15.7. The van der Waals surface area contributed by atoms with Crippen LogP contribution in [0.4, 0.5) is 0 Å². The van der Waals surface area contributed by atoms with Crippen molar-refractivity contribution in [1.82, 2.24) is 0 Å². The number of fused-ring (bicyclic) bond motifs is 2. The molecule has 0 aromatic heterocycles. The summed E-state index contributed by atoms with van der Waals surface area (Å²) < 4.78 is 0. The van der Waals surface area contributed by atoms with Crippen molar-refractivity contribution in [2.75, 3.05) is 0 Å². The molecule has 8 aromatic carbocycles. The Morgan fingerprint density at radius 3 is 1.17 bits per heavy atom. The SMILES string of the molecule is Cc1cc2c(-c3ccccc3)cccc2[cH-]1.Cc1cc2c(-c3ccccc3)cccc2[cH-]1.Cc1ccc([Si](=[Zr+2])c2ccc(C)cc2)cc1. The van der Waals surface area contributed by atoms with Crippen LogP contribution in [0.5, 0.6) is 0 Å². The second-order valence-electron chi connectivity index (χ2n) is 12.5. The Morgan fingerprint density at radius 2 is 0.792 bits per heavy atom. The van der Waals surface area contributed by atoms with E-state index in [1.54, 1.807) is 23.3 Å². The minimum absolute atomic E-state index is 0.488. The van der Waals surface area contributed by atoms with Gasteiger partial charge >= 0.3 is 113 Å². The van der Waals surface area contributed by atoms with Crippen LogP contribution in [0.15, 0.2) is 170 Å². The molecule has 0 bridgehead atoms. The molecule has 0 radical (unpaired) electrons. The minimum atomic E-state index is -0.488. The Morgan fingerprint density at radius 1 is 0.417 bits per heavy atom. The van der Waals surface area contributed by atoms with E-state index >= 15 is 0 Å². The summed E-state index contributed by atoms with van der Waals surface area (Å²) in [5.74, 6) is 0. The predicted molar refractivity (Wildman–Crippen MR) is 207 cm³/mol. The molecule has 0 unspecified atom stereocenters. The van der Waals surface area contributed by atoms with E-state index in [0.29, 0.717) is 0 Å². The Labute approximate surface area is 300 Å². The van der Waals surface area contributed by atoms with Crippen molar-refractivity contribution in [2.45, 2.75) is 27.7 Å². The molecule has 0 spiro atoms. The van der Waals surface area contributed by atoms with E-state index in [9.17, 15) is 0 Å². The van der Waals surface area contributed by atoms with Crippen molar-refractivity contribution in [2.24, 2.45) is 0 Å². The van der Waals surface area contributed by atoms with Crippen LogP contribution in [0.1, 0.15) is 22.3 Å². The third-order valence-electron chi connectivity index (χ3n) is 8.64. The molecule has 0 amide bonds. The van der Waals surface area contributed by atoms with Crippen LogP contribution in [0.3, 0.4) is 0 Å². The monoisotopic (exact) mass is 710 g/mol. The number of benzene rings is 6. The average molecular weight is 712 g/mol. The summed E-state index contributed by atoms with van der Waals surface area (Å²) in [4.78, 5) is 0. The molecule has 0 saturated carbocycles. The van der Waals surface area contributed by atoms with Gasteiger partial charge in [-0.05, 0) is 11.1 Å². The average Bonchev–Trinajstić information content (AvgIpc) is 3.70. The molecule has 0 atom stereocenters. The van der Waals surface area contributed by atoms with E-state index < -0.39 is 5.43 Å². The molecule has 0 aliphatic rings. The maximum atomic E-state index is 2.29. The molecule has 0 N–H and O–H groups in total. The number of hydrogen-bond donors (Lipinski definition) is 0. The number of aryl methyl sites for hydroxylation is 4. The van der Waals surface area contributed by atoms with Crippen molar-refractivity contribution in [3.8, 4) is 22.3 Å². The Hall–Kier alpha value is -4.36. The fourth-order valence-electron chi connectivity index (χ4n) is 6.12. The summed E-state index contributed by atoms with van der Waals surface area (Å²) in [6, 6.07) is 61.1. The van der Waals surface area contributed by atoms with E-state index in [4.69, 9.17) is 0 Å². The van der Waals surface area contributed by atoms with Crippen LogP contribution in [0.2, 0.25) is 0 Å². The molecule has 8 rings (SSSR count). The van der Waals surface area contributed by atoms with Crippen LogP contribution < -0.4 is 10.4 Å². The van der Waals surface area contributed by atoms with Crippen LogP contribution in [-0.2, 0) is 23.3 Å². The van der Waals surface area contributed by atoms with Gasteiger partial charge in [-0.25, -0.2) is 0 Å². The topological polar surface area (TPSA) is 0 Å². The van der Waals surface area contributed by atoms with Gasteiger partial charge < -0.3 is 0 Å².